The summed E-state index contributed by atoms with van der Waals surface area (Å²) in [6, 6.07) is 16.2. The molecule has 0 radical (unpaired) electrons. The van der Waals surface area contributed by atoms with E-state index in [0.717, 1.165) is 57.2 Å². The first-order chi connectivity index (χ1) is 16.6. The molecule has 7 heteroatoms. The van der Waals surface area contributed by atoms with Crippen molar-refractivity contribution in [2.75, 3.05) is 18.0 Å². The van der Waals surface area contributed by atoms with Gasteiger partial charge in [-0.1, -0.05) is 47.3 Å². The van der Waals surface area contributed by atoms with Gasteiger partial charge in [0.25, 0.3) is 0 Å². The standard InChI is InChI=1S/C27H31ClN4O2/c1-19-8-14-23(15-9-19)31-16-4-5-21(17-31)27(33)32(24-6-2-3-7-24)18-25-29-26(30-34-25)20-10-12-22(28)13-11-20/h8-15,21,24H,2-7,16-18H2,1H3/t21-/m0/s1. The molecule has 1 saturated carbocycles. The molecule has 1 aromatic heterocycles. The van der Waals surface area contributed by atoms with E-state index in [4.69, 9.17) is 16.1 Å². The third-order valence-electron chi connectivity index (χ3n) is 7.09. The van der Waals surface area contributed by atoms with Gasteiger partial charge in [0.15, 0.2) is 0 Å². The van der Waals surface area contributed by atoms with Crippen LogP contribution in [0.1, 0.15) is 50.0 Å². The molecule has 2 heterocycles. The smallest absolute Gasteiger partial charge is 0.246 e. The van der Waals surface area contributed by atoms with Crippen LogP contribution >= 0.6 is 11.6 Å². The van der Waals surface area contributed by atoms with Gasteiger partial charge in [0.1, 0.15) is 6.54 Å². The van der Waals surface area contributed by atoms with Gasteiger partial charge in [0.05, 0.1) is 5.92 Å². The molecule has 1 saturated heterocycles. The van der Waals surface area contributed by atoms with Gasteiger partial charge in [-0.3, -0.25) is 4.79 Å². The molecule has 2 aromatic carbocycles. The van der Waals surface area contributed by atoms with Crippen molar-refractivity contribution in [3.05, 3.63) is 65.0 Å². The van der Waals surface area contributed by atoms with E-state index in [1.54, 1.807) is 0 Å². The Balaban J connectivity index is 1.32. The zero-order valence-corrected chi connectivity index (χ0v) is 20.4. The minimum Gasteiger partial charge on any atom is -0.371 e. The maximum atomic E-state index is 13.8. The van der Waals surface area contributed by atoms with E-state index in [2.05, 4.69) is 46.2 Å². The second-order valence-electron chi connectivity index (χ2n) is 9.54. The largest absolute Gasteiger partial charge is 0.371 e. The second kappa shape index (κ2) is 10.2. The SMILES string of the molecule is Cc1ccc(N2CCC[C@H](C(=O)N(Cc3nc(-c4ccc(Cl)cc4)no3)C3CCCC3)C2)cc1. The molecule has 1 aliphatic heterocycles. The number of aryl methyl sites for hydroxylation is 1. The van der Waals surface area contributed by atoms with E-state index in [-0.39, 0.29) is 17.9 Å². The van der Waals surface area contributed by atoms with E-state index >= 15 is 0 Å². The van der Waals surface area contributed by atoms with Crippen molar-refractivity contribution in [2.24, 2.45) is 5.92 Å². The van der Waals surface area contributed by atoms with Crippen LogP contribution in [0.5, 0.6) is 0 Å². The van der Waals surface area contributed by atoms with Crippen LogP contribution in [0.15, 0.2) is 53.1 Å². The van der Waals surface area contributed by atoms with Gasteiger partial charge in [-0.05, 0) is 69.0 Å². The molecule has 5 rings (SSSR count). The molecule has 0 bridgehead atoms. The Kier molecular flexibility index (Phi) is 6.86. The van der Waals surface area contributed by atoms with E-state index in [9.17, 15) is 4.79 Å². The van der Waals surface area contributed by atoms with Crippen molar-refractivity contribution in [2.45, 2.75) is 58.0 Å². The fourth-order valence-electron chi connectivity index (χ4n) is 5.19. The van der Waals surface area contributed by atoms with Crippen molar-refractivity contribution >= 4 is 23.2 Å². The molecular weight excluding hydrogens is 448 g/mol. The third kappa shape index (κ3) is 5.12. The third-order valence-corrected chi connectivity index (χ3v) is 7.35. The van der Waals surface area contributed by atoms with Crippen LogP contribution in [0.3, 0.4) is 0 Å². The average Bonchev–Trinajstić information content (AvgIpc) is 3.56. The molecule has 0 spiro atoms. The second-order valence-corrected chi connectivity index (χ2v) is 9.98. The number of rotatable bonds is 6. The summed E-state index contributed by atoms with van der Waals surface area (Å²) in [6.07, 6.45) is 6.34. The Hall–Kier alpha value is -2.86. The van der Waals surface area contributed by atoms with Crippen molar-refractivity contribution in [3.63, 3.8) is 0 Å². The quantitative estimate of drug-likeness (QED) is 0.442. The maximum Gasteiger partial charge on any atom is 0.246 e. The highest BCUT2D eigenvalue weighted by atomic mass is 35.5. The molecule has 34 heavy (non-hydrogen) atoms. The number of benzene rings is 2. The fraction of sp³-hybridized carbons (Fsp3) is 0.444. The van der Waals surface area contributed by atoms with Crippen LogP contribution < -0.4 is 4.90 Å². The lowest BCUT2D eigenvalue weighted by Crippen LogP contribution is -2.47. The number of anilines is 1. The molecule has 3 aromatic rings. The van der Waals surface area contributed by atoms with E-state index in [1.165, 1.54) is 11.3 Å². The lowest BCUT2D eigenvalue weighted by molar-refractivity contribution is -0.139. The number of halogens is 1. The van der Waals surface area contributed by atoms with Gasteiger partial charge in [-0.15, -0.1) is 0 Å². The summed E-state index contributed by atoms with van der Waals surface area (Å²) in [5.41, 5.74) is 3.29. The van der Waals surface area contributed by atoms with Crippen LogP contribution in [0.4, 0.5) is 5.69 Å². The number of hydrogen-bond acceptors (Lipinski definition) is 5. The summed E-state index contributed by atoms with van der Waals surface area (Å²) in [6.45, 7) is 4.21. The zero-order chi connectivity index (χ0) is 23.5. The van der Waals surface area contributed by atoms with Crippen LogP contribution in [0.2, 0.25) is 5.02 Å². The predicted molar refractivity (Wildman–Crippen MR) is 134 cm³/mol. The Morgan fingerprint density at radius 1 is 1.06 bits per heavy atom. The van der Waals surface area contributed by atoms with E-state index in [0.29, 0.717) is 23.3 Å². The number of aromatic nitrogens is 2. The highest BCUT2D eigenvalue weighted by Crippen LogP contribution is 2.30. The Bertz CT molecular complexity index is 1110. The number of carbonyl (C=O) groups is 1. The summed E-state index contributed by atoms with van der Waals surface area (Å²) < 4.78 is 5.58. The number of piperidine rings is 1. The molecule has 2 fully saturated rings. The van der Waals surface area contributed by atoms with Gasteiger partial charge in [0.2, 0.25) is 17.6 Å². The minimum absolute atomic E-state index is 0.0192. The molecule has 0 unspecified atom stereocenters. The Morgan fingerprint density at radius 3 is 2.53 bits per heavy atom. The highest BCUT2D eigenvalue weighted by Gasteiger charge is 2.35. The predicted octanol–water partition coefficient (Wildman–Crippen LogP) is 5.89. The van der Waals surface area contributed by atoms with Crippen molar-refractivity contribution < 1.29 is 9.32 Å². The monoisotopic (exact) mass is 478 g/mol. The first-order valence-corrected chi connectivity index (χ1v) is 12.7. The van der Waals surface area contributed by atoms with Gasteiger partial charge in [0, 0.05) is 35.4 Å². The minimum atomic E-state index is -0.0192. The average molecular weight is 479 g/mol. The molecule has 0 N–H and O–H groups in total. The van der Waals surface area contributed by atoms with Crippen LogP contribution in [0.25, 0.3) is 11.4 Å². The first kappa shape index (κ1) is 22.9. The van der Waals surface area contributed by atoms with Crippen molar-refractivity contribution in [3.8, 4) is 11.4 Å². The first-order valence-electron chi connectivity index (χ1n) is 12.3. The fourth-order valence-corrected chi connectivity index (χ4v) is 5.31. The molecule has 1 aliphatic carbocycles. The summed E-state index contributed by atoms with van der Waals surface area (Å²) in [5.74, 6) is 1.20. The van der Waals surface area contributed by atoms with E-state index < -0.39 is 0 Å². The molecule has 178 valence electrons. The number of amides is 1. The van der Waals surface area contributed by atoms with Crippen molar-refractivity contribution in [1.82, 2.24) is 15.0 Å². The number of hydrogen-bond donors (Lipinski definition) is 0. The summed E-state index contributed by atoms with van der Waals surface area (Å²) >= 11 is 6.00. The maximum absolute atomic E-state index is 13.8. The van der Waals surface area contributed by atoms with Crippen LogP contribution in [-0.2, 0) is 11.3 Å². The molecule has 1 atom stereocenters. The number of carbonyl (C=O) groups excluding carboxylic acids is 1. The summed E-state index contributed by atoms with van der Waals surface area (Å²) in [4.78, 5) is 22.8. The zero-order valence-electron chi connectivity index (χ0n) is 19.6. The normalized spacial score (nSPS) is 18.9. The van der Waals surface area contributed by atoms with Gasteiger partial charge in [-0.2, -0.15) is 4.98 Å². The summed E-state index contributed by atoms with van der Waals surface area (Å²) in [7, 11) is 0. The molecule has 1 amide bonds. The van der Waals surface area contributed by atoms with Crippen LogP contribution in [0, 0.1) is 12.8 Å². The Morgan fingerprint density at radius 2 is 1.79 bits per heavy atom. The van der Waals surface area contributed by atoms with Gasteiger partial charge >= 0.3 is 0 Å². The topological polar surface area (TPSA) is 62.5 Å². The highest BCUT2D eigenvalue weighted by molar-refractivity contribution is 6.30. The van der Waals surface area contributed by atoms with Gasteiger partial charge in [-0.25, -0.2) is 0 Å². The van der Waals surface area contributed by atoms with Crippen molar-refractivity contribution in [1.29, 1.82) is 0 Å². The van der Waals surface area contributed by atoms with Crippen LogP contribution in [-0.4, -0.2) is 40.1 Å². The number of nitrogens with zero attached hydrogens (tertiary/aromatic N) is 4. The van der Waals surface area contributed by atoms with E-state index in [1.807, 2.05) is 29.2 Å². The van der Waals surface area contributed by atoms with Gasteiger partial charge < -0.3 is 14.3 Å². The Labute approximate surface area is 205 Å². The molecule has 2 aliphatic rings. The molecular formula is C27H31ClN4O2. The molecule has 6 nitrogen and oxygen atoms in total. The lowest BCUT2D eigenvalue weighted by atomic mass is 9.95. The summed E-state index contributed by atoms with van der Waals surface area (Å²) in [5, 5.41) is 4.82. The lowest BCUT2D eigenvalue weighted by Gasteiger charge is -2.37.